The summed E-state index contributed by atoms with van der Waals surface area (Å²) in [6.07, 6.45) is 4.84. The van der Waals surface area contributed by atoms with E-state index in [0.29, 0.717) is 5.92 Å². The molecular formula is C12H15FN2O. The molecule has 1 aliphatic carbocycles. The van der Waals surface area contributed by atoms with Crippen LogP contribution in [-0.2, 0) is 0 Å². The van der Waals surface area contributed by atoms with Gasteiger partial charge in [0.05, 0.1) is 11.8 Å². The molecule has 1 aliphatic rings. The molecule has 1 atom stereocenters. The minimum atomic E-state index is -0.553. The Morgan fingerprint density at radius 1 is 1.62 bits per heavy atom. The molecular weight excluding hydrogens is 207 g/mol. The molecule has 1 aromatic rings. The zero-order valence-electron chi connectivity index (χ0n) is 9.48. The molecule has 1 saturated carbocycles. The van der Waals surface area contributed by atoms with Gasteiger partial charge in [0.25, 0.3) is 5.91 Å². The van der Waals surface area contributed by atoms with Crippen LogP contribution in [0.5, 0.6) is 0 Å². The third-order valence-corrected chi connectivity index (χ3v) is 3.24. The standard InChI is InChI=1S/C12H15FN2O/c1-8(9-3-4-9)15(2)12(16)10-5-6-14-7-11(10)13/h5-9H,3-4H2,1-2H3. The van der Waals surface area contributed by atoms with Gasteiger partial charge in [-0.05, 0) is 31.7 Å². The summed E-state index contributed by atoms with van der Waals surface area (Å²) in [7, 11) is 1.73. The Labute approximate surface area is 94.3 Å². The second-order valence-corrected chi connectivity index (χ2v) is 4.35. The van der Waals surface area contributed by atoms with E-state index in [0.717, 1.165) is 19.0 Å². The summed E-state index contributed by atoms with van der Waals surface area (Å²) in [4.78, 5) is 17.3. The van der Waals surface area contributed by atoms with Crippen molar-refractivity contribution in [2.75, 3.05) is 7.05 Å². The third kappa shape index (κ3) is 2.05. The van der Waals surface area contributed by atoms with Crippen molar-refractivity contribution in [1.29, 1.82) is 0 Å². The first kappa shape index (κ1) is 11.0. The van der Waals surface area contributed by atoms with Gasteiger partial charge in [-0.2, -0.15) is 0 Å². The van der Waals surface area contributed by atoms with Crippen molar-refractivity contribution >= 4 is 5.91 Å². The van der Waals surface area contributed by atoms with Gasteiger partial charge in [-0.25, -0.2) is 4.39 Å². The average Bonchev–Trinajstić information content (AvgIpc) is 3.11. The fourth-order valence-electron chi connectivity index (χ4n) is 1.82. The van der Waals surface area contributed by atoms with E-state index in [9.17, 15) is 9.18 Å². The maximum absolute atomic E-state index is 13.4. The van der Waals surface area contributed by atoms with Gasteiger partial charge >= 0.3 is 0 Å². The summed E-state index contributed by atoms with van der Waals surface area (Å²) in [5.41, 5.74) is 0.102. The number of aromatic nitrogens is 1. The Hall–Kier alpha value is -1.45. The van der Waals surface area contributed by atoms with Gasteiger partial charge < -0.3 is 4.90 Å². The smallest absolute Gasteiger partial charge is 0.256 e. The minimum Gasteiger partial charge on any atom is -0.339 e. The van der Waals surface area contributed by atoms with Gasteiger partial charge in [-0.15, -0.1) is 0 Å². The zero-order valence-corrected chi connectivity index (χ0v) is 9.48. The van der Waals surface area contributed by atoms with Gasteiger partial charge in [-0.1, -0.05) is 0 Å². The van der Waals surface area contributed by atoms with Crippen molar-refractivity contribution in [1.82, 2.24) is 9.88 Å². The van der Waals surface area contributed by atoms with Gasteiger partial charge in [0.2, 0.25) is 0 Å². The first-order valence-electron chi connectivity index (χ1n) is 5.48. The number of hydrogen-bond donors (Lipinski definition) is 0. The Bertz CT molecular complexity index is 404. The lowest BCUT2D eigenvalue weighted by Crippen LogP contribution is -2.36. The number of carbonyl (C=O) groups excluding carboxylic acids is 1. The highest BCUT2D eigenvalue weighted by molar-refractivity contribution is 5.94. The fraction of sp³-hybridized carbons (Fsp3) is 0.500. The minimum absolute atomic E-state index is 0.102. The molecule has 1 unspecified atom stereocenters. The number of amides is 1. The first-order chi connectivity index (χ1) is 7.61. The van der Waals surface area contributed by atoms with Gasteiger partial charge in [-0.3, -0.25) is 9.78 Å². The predicted octanol–water partition coefficient (Wildman–Crippen LogP) is 2.09. The maximum atomic E-state index is 13.4. The molecule has 1 amide bonds. The second kappa shape index (κ2) is 4.20. The number of carbonyl (C=O) groups is 1. The van der Waals surface area contributed by atoms with Crippen LogP contribution in [0.15, 0.2) is 18.5 Å². The lowest BCUT2D eigenvalue weighted by atomic mass is 10.1. The summed E-state index contributed by atoms with van der Waals surface area (Å²) >= 11 is 0. The molecule has 0 aromatic carbocycles. The van der Waals surface area contributed by atoms with E-state index >= 15 is 0 Å². The van der Waals surface area contributed by atoms with Crippen LogP contribution in [0.3, 0.4) is 0 Å². The molecule has 4 heteroatoms. The molecule has 86 valence electrons. The predicted molar refractivity (Wildman–Crippen MR) is 58.5 cm³/mol. The van der Waals surface area contributed by atoms with Crippen LogP contribution in [0.4, 0.5) is 4.39 Å². The van der Waals surface area contributed by atoms with E-state index in [1.807, 2.05) is 6.92 Å². The summed E-state index contributed by atoms with van der Waals surface area (Å²) in [5, 5.41) is 0. The SMILES string of the molecule is CC(C1CC1)N(C)C(=O)c1ccncc1F. The Kier molecular flexibility index (Phi) is 2.90. The summed E-state index contributed by atoms with van der Waals surface area (Å²) in [5.74, 6) is -0.236. The monoisotopic (exact) mass is 222 g/mol. The normalized spacial score (nSPS) is 16.9. The van der Waals surface area contributed by atoms with Crippen LogP contribution in [0.25, 0.3) is 0 Å². The number of halogens is 1. The van der Waals surface area contributed by atoms with Crippen LogP contribution in [0.2, 0.25) is 0 Å². The largest absolute Gasteiger partial charge is 0.339 e. The number of hydrogen-bond acceptors (Lipinski definition) is 2. The van der Waals surface area contributed by atoms with Crippen LogP contribution >= 0.6 is 0 Å². The Balaban J connectivity index is 2.15. The Morgan fingerprint density at radius 3 is 2.88 bits per heavy atom. The highest BCUT2D eigenvalue weighted by Gasteiger charge is 2.33. The second-order valence-electron chi connectivity index (χ2n) is 4.35. The molecule has 1 heterocycles. The number of nitrogens with zero attached hydrogens (tertiary/aromatic N) is 2. The molecule has 16 heavy (non-hydrogen) atoms. The van der Waals surface area contributed by atoms with E-state index in [-0.39, 0.29) is 17.5 Å². The van der Waals surface area contributed by atoms with E-state index in [4.69, 9.17) is 0 Å². The molecule has 0 aliphatic heterocycles. The first-order valence-corrected chi connectivity index (χ1v) is 5.48. The van der Waals surface area contributed by atoms with Crippen molar-refractivity contribution < 1.29 is 9.18 Å². The molecule has 2 rings (SSSR count). The van der Waals surface area contributed by atoms with Crippen molar-refractivity contribution in [3.63, 3.8) is 0 Å². The summed E-state index contributed by atoms with van der Waals surface area (Å²) < 4.78 is 13.4. The van der Waals surface area contributed by atoms with E-state index in [2.05, 4.69) is 4.98 Å². The lowest BCUT2D eigenvalue weighted by molar-refractivity contribution is 0.0722. The summed E-state index contributed by atoms with van der Waals surface area (Å²) in [6.45, 7) is 2.01. The average molecular weight is 222 g/mol. The quantitative estimate of drug-likeness (QED) is 0.784. The van der Waals surface area contributed by atoms with Crippen LogP contribution in [0, 0.1) is 11.7 Å². The molecule has 0 N–H and O–H groups in total. The van der Waals surface area contributed by atoms with Crippen molar-refractivity contribution in [2.24, 2.45) is 5.92 Å². The third-order valence-electron chi connectivity index (χ3n) is 3.24. The highest BCUT2D eigenvalue weighted by Crippen LogP contribution is 2.35. The van der Waals surface area contributed by atoms with Crippen molar-refractivity contribution in [3.05, 3.63) is 29.8 Å². The number of pyridine rings is 1. The molecule has 0 bridgehead atoms. The molecule has 0 saturated heterocycles. The van der Waals surface area contributed by atoms with Crippen LogP contribution in [-0.4, -0.2) is 28.9 Å². The van der Waals surface area contributed by atoms with E-state index < -0.39 is 5.82 Å². The zero-order chi connectivity index (χ0) is 11.7. The molecule has 1 fully saturated rings. The van der Waals surface area contributed by atoms with Gasteiger partial charge in [0.1, 0.15) is 0 Å². The summed E-state index contributed by atoms with van der Waals surface area (Å²) in [6, 6.07) is 1.61. The molecule has 0 spiro atoms. The number of rotatable bonds is 3. The van der Waals surface area contributed by atoms with Crippen molar-refractivity contribution in [3.8, 4) is 0 Å². The fourth-order valence-corrected chi connectivity index (χ4v) is 1.82. The maximum Gasteiger partial charge on any atom is 0.256 e. The van der Waals surface area contributed by atoms with E-state index in [1.165, 1.54) is 12.3 Å². The van der Waals surface area contributed by atoms with E-state index in [1.54, 1.807) is 11.9 Å². The molecule has 0 radical (unpaired) electrons. The highest BCUT2D eigenvalue weighted by atomic mass is 19.1. The topological polar surface area (TPSA) is 33.2 Å². The molecule has 3 nitrogen and oxygen atoms in total. The van der Waals surface area contributed by atoms with Crippen LogP contribution in [0.1, 0.15) is 30.1 Å². The molecule has 1 aromatic heterocycles. The van der Waals surface area contributed by atoms with Crippen molar-refractivity contribution in [2.45, 2.75) is 25.8 Å². The van der Waals surface area contributed by atoms with Crippen LogP contribution < -0.4 is 0 Å². The Morgan fingerprint density at radius 2 is 2.31 bits per heavy atom. The lowest BCUT2D eigenvalue weighted by Gasteiger charge is -2.24. The van der Waals surface area contributed by atoms with Gasteiger partial charge in [0, 0.05) is 19.3 Å². The van der Waals surface area contributed by atoms with Gasteiger partial charge in [0.15, 0.2) is 5.82 Å².